The van der Waals surface area contributed by atoms with Gasteiger partial charge in [-0.25, -0.2) is 0 Å². The Hall–Kier alpha value is -2.37. The molecule has 0 saturated carbocycles. The number of ether oxygens (including phenoxy) is 2. The molecular weight excluding hydrogens is 324 g/mol. The van der Waals surface area contributed by atoms with E-state index in [1.165, 1.54) is 6.92 Å². The number of carboxylic acids is 1. The lowest BCUT2D eigenvalue weighted by Gasteiger charge is -2.16. The molecule has 1 rings (SSSR count). The highest BCUT2D eigenvalue weighted by Crippen LogP contribution is 2.27. The van der Waals surface area contributed by atoms with Crippen molar-refractivity contribution in [2.45, 2.75) is 53.6 Å². The first-order valence-electron chi connectivity index (χ1n) is 8.00. The summed E-state index contributed by atoms with van der Waals surface area (Å²) >= 11 is 0. The molecule has 0 fully saturated rings. The van der Waals surface area contributed by atoms with E-state index in [-0.39, 0.29) is 24.0 Å². The van der Waals surface area contributed by atoms with Crippen molar-refractivity contribution in [1.82, 2.24) is 0 Å². The molecule has 1 atom stereocenters. The lowest BCUT2D eigenvalue weighted by molar-refractivity contribution is -0.150. The summed E-state index contributed by atoms with van der Waals surface area (Å²) in [7, 11) is 1.56. The first-order chi connectivity index (χ1) is 11.5. The number of carboxylic acid groups (broad SMARTS) is 1. The van der Waals surface area contributed by atoms with Crippen LogP contribution in [0.3, 0.4) is 0 Å². The molecule has 1 aromatic carbocycles. The highest BCUT2D eigenvalue weighted by molar-refractivity contribution is 5.94. The number of hydrogen-bond acceptors (Lipinski definition) is 5. The Labute approximate surface area is 149 Å². The third-order valence-electron chi connectivity index (χ3n) is 2.96. The number of carbonyl (C=O) groups is 3. The van der Waals surface area contributed by atoms with Gasteiger partial charge in [0.1, 0.15) is 24.1 Å². The minimum absolute atomic E-state index is 0.0775. The van der Waals surface area contributed by atoms with Gasteiger partial charge in [0.2, 0.25) is 0 Å². The third kappa shape index (κ3) is 10.9. The molecule has 140 valence electrons. The molecule has 0 bridgehead atoms. The number of hydrogen-bond donors (Lipinski definition) is 1. The highest BCUT2D eigenvalue weighted by Gasteiger charge is 2.16. The van der Waals surface area contributed by atoms with Crippen LogP contribution in [0.4, 0.5) is 0 Å². The second-order valence-corrected chi connectivity index (χ2v) is 6.88. The number of benzene rings is 1. The Morgan fingerprint density at radius 2 is 1.72 bits per heavy atom. The molecule has 0 aromatic heterocycles. The van der Waals surface area contributed by atoms with Crippen molar-refractivity contribution in [2.75, 3.05) is 7.11 Å². The molecular formula is C19H28O6. The van der Waals surface area contributed by atoms with Gasteiger partial charge in [-0.05, 0) is 25.3 Å². The maximum atomic E-state index is 11.4. The summed E-state index contributed by atoms with van der Waals surface area (Å²) in [6, 6.07) is 7.30. The van der Waals surface area contributed by atoms with Crippen molar-refractivity contribution < 1.29 is 29.0 Å². The number of para-hydroxylation sites is 1. The van der Waals surface area contributed by atoms with E-state index < -0.39 is 18.0 Å². The van der Waals surface area contributed by atoms with Crippen molar-refractivity contribution in [3.8, 4) is 5.75 Å². The SMILES string of the molecule is CC(C)(C)CC(=O)O.COc1ccccc1C(C)OC(=O)CC(C)=O. The summed E-state index contributed by atoms with van der Waals surface area (Å²) in [4.78, 5) is 32.1. The van der Waals surface area contributed by atoms with Gasteiger partial charge in [-0.3, -0.25) is 14.4 Å². The number of carbonyl (C=O) groups excluding carboxylic acids is 2. The maximum absolute atomic E-state index is 11.4. The number of esters is 1. The standard InChI is InChI=1S/C13H16O4.C6H12O2/c1-9(14)8-13(15)17-10(2)11-6-4-5-7-12(11)16-3;1-6(2,3)4-5(7)8/h4-7,10H,8H2,1-3H3;4H2,1-3H3,(H,7,8). The van der Waals surface area contributed by atoms with E-state index in [0.29, 0.717) is 5.75 Å². The van der Waals surface area contributed by atoms with Gasteiger partial charge >= 0.3 is 11.9 Å². The first kappa shape index (κ1) is 22.6. The Bertz CT molecular complexity index is 586. The van der Waals surface area contributed by atoms with E-state index in [1.54, 1.807) is 20.1 Å². The number of ketones is 1. The monoisotopic (exact) mass is 352 g/mol. The van der Waals surface area contributed by atoms with Crippen LogP contribution in [0.1, 0.15) is 59.1 Å². The highest BCUT2D eigenvalue weighted by atomic mass is 16.5. The summed E-state index contributed by atoms with van der Waals surface area (Å²) in [6.07, 6.45) is -0.384. The van der Waals surface area contributed by atoms with Crippen LogP contribution in [0.5, 0.6) is 5.75 Å². The molecule has 6 nitrogen and oxygen atoms in total. The Morgan fingerprint density at radius 3 is 2.12 bits per heavy atom. The van der Waals surface area contributed by atoms with Crippen LogP contribution in [0.25, 0.3) is 0 Å². The molecule has 0 heterocycles. The predicted molar refractivity (Wildman–Crippen MR) is 94.5 cm³/mol. The molecule has 0 radical (unpaired) electrons. The maximum Gasteiger partial charge on any atom is 0.313 e. The summed E-state index contributed by atoms with van der Waals surface area (Å²) in [6.45, 7) is 8.81. The summed E-state index contributed by atoms with van der Waals surface area (Å²) in [5.74, 6) is -0.786. The van der Waals surface area contributed by atoms with Crippen molar-refractivity contribution in [2.24, 2.45) is 5.41 Å². The summed E-state index contributed by atoms with van der Waals surface area (Å²) in [5.41, 5.74) is 0.707. The normalized spacial score (nSPS) is 11.6. The largest absolute Gasteiger partial charge is 0.496 e. The molecule has 0 saturated heterocycles. The predicted octanol–water partition coefficient (Wildman–Crippen LogP) is 3.79. The average Bonchev–Trinajstić information content (AvgIpc) is 2.44. The molecule has 25 heavy (non-hydrogen) atoms. The first-order valence-corrected chi connectivity index (χ1v) is 8.00. The Balaban J connectivity index is 0.000000609. The van der Waals surface area contributed by atoms with Crippen LogP contribution >= 0.6 is 0 Å². The van der Waals surface area contributed by atoms with Gasteiger partial charge in [-0.2, -0.15) is 0 Å². The van der Waals surface area contributed by atoms with E-state index in [0.717, 1.165) is 5.56 Å². The van der Waals surface area contributed by atoms with Gasteiger partial charge in [0, 0.05) is 5.56 Å². The van der Waals surface area contributed by atoms with E-state index in [1.807, 2.05) is 39.0 Å². The van der Waals surface area contributed by atoms with Crippen molar-refractivity contribution in [3.05, 3.63) is 29.8 Å². The molecule has 0 spiro atoms. The van der Waals surface area contributed by atoms with Crippen LogP contribution in [0.2, 0.25) is 0 Å². The summed E-state index contributed by atoms with van der Waals surface area (Å²) in [5, 5.41) is 8.25. The average molecular weight is 352 g/mol. The molecule has 1 unspecified atom stereocenters. The van der Waals surface area contributed by atoms with Crippen LogP contribution in [0, 0.1) is 5.41 Å². The molecule has 1 aromatic rings. The molecule has 6 heteroatoms. The molecule has 1 N–H and O–H groups in total. The van der Waals surface area contributed by atoms with Crippen molar-refractivity contribution >= 4 is 17.7 Å². The van der Waals surface area contributed by atoms with Crippen molar-refractivity contribution in [1.29, 1.82) is 0 Å². The minimum atomic E-state index is -0.725. The summed E-state index contributed by atoms with van der Waals surface area (Å²) < 4.78 is 10.3. The fourth-order valence-electron chi connectivity index (χ4n) is 1.96. The zero-order valence-electron chi connectivity index (χ0n) is 15.8. The van der Waals surface area contributed by atoms with Crippen LogP contribution in [0.15, 0.2) is 24.3 Å². The Morgan fingerprint density at radius 1 is 1.16 bits per heavy atom. The van der Waals surface area contributed by atoms with Crippen molar-refractivity contribution in [3.63, 3.8) is 0 Å². The molecule has 0 amide bonds. The third-order valence-corrected chi connectivity index (χ3v) is 2.96. The van der Waals surface area contributed by atoms with Gasteiger partial charge in [0.05, 0.1) is 13.5 Å². The fraction of sp³-hybridized carbons (Fsp3) is 0.526. The molecule has 0 aliphatic rings. The second-order valence-electron chi connectivity index (χ2n) is 6.88. The zero-order chi connectivity index (χ0) is 19.6. The van der Waals surface area contributed by atoms with Crippen LogP contribution < -0.4 is 4.74 Å². The number of Topliss-reactive ketones (excluding diaryl/α,β-unsaturated/α-hetero) is 1. The van der Waals surface area contributed by atoms with Gasteiger partial charge in [0.25, 0.3) is 0 Å². The van der Waals surface area contributed by atoms with Gasteiger partial charge in [-0.1, -0.05) is 39.0 Å². The number of rotatable bonds is 6. The van der Waals surface area contributed by atoms with Gasteiger partial charge < -0.3 is 14.6 Å². The quantitative estimate of drug-likeness (QED) is 0.619. The number of methoxy groups -OCH3 is 1. The fourth-order valence-corrected chi connectivity index (χ4v) is 1.96. The minimum Gasteiger partial charge on any atom is -0.496 e. The van der Waals surface area contributed by atoms with E-state index in [2.05, 4.69) is 0 Å². The van der Waals surface area contributed by atoms with Gasteiger partial charge in [0.15, 0.2) is 0 Å². The lowest BCUT2D eigenvalue weighted by atomic mass is 9.93. The molecule has 0 aliphatic heterocycles. The molecule has 0 aliphatic carbocycles. The Kier molecular flexibility index (Phi) is 9.49. The van der Waals surface area contributed by atoms with Gasteiger partial charge in [-0.15, -0.1) is 0 Å². The van der Waals surface area contributed by atoms with E-state index in [9.17, 15) is 14.4 Å². The van der Waals surface area contributed by atoms with Crippen LogP contribution in [-0.4, -0.2) is 29.9 Å². The topological polar surface area (TPSA) is 89.9 Å². The number of aliphatic carboxylic acids is 1. The van der Waals surface area contributed by atoms with E-state index in [4.69, 9.17) is 14.6 Å². The zero-order valence-corrected chi connectivity index (χ0v) is 15.8. The van der Waals surface area contributed by atoms with E-state index >= 15 is 0 Å². The smallest absolute Gasteiger partial charge is 0.313 e. The van der Waals surface area contributed by atoms with Crippen LogP contribution in [-0.2, 0) is 19.1 Å². The second kappa shape index (κ2) is 10.5. The lowest BCUT2D eigenvalue weighted by Crippen LogP contribution is -2.12.